The maximum absolute atomic E-state index is 14.8. The molecule has 1 aromatic rings. The molecule has 0 radical (unpaired) electrons. The highest BCUT2D eigenvalue weighted by molar-refractivity contribution is 5.68. The van der Waals surface area contributed by atoms with Crippen LogP contribution >= 0.6 is 0 Å². The van der Waals surface area contributed by atoms with Crippen LogP contribution in [0.2, 0.25) is 0 Å². The van der Waals surface area contributed by atoms with Crippen molar-refractivity contribution in [3.05, 3.63) is 35.9 Å². The normalized spacial score (nSPS) is 25.4. The summed E-state index contributed by atoms with van der Waals surface area (Å²) in [5.74, 6) is 0. The van der Waals surface area contributed by atoms with Crippen molar-refractivity contribution in [3.8, 4) is 0 Å². The molecule has 0 aromatic heterocycles. The summed E-state index contributed by atoms with van der Waals surface area (Å²) in [7, 11) is 0. The van der Waals surface area contributed by atoms with Crippen LogP contribution in [0, 0.1) is 0 Å². The molecule has 0 N–H and O–H groups in total. The fourth-order valence-corrected chi connectivity index (χ4v) is 3.89. The molecule has 6 heteroatoms. The lowest BCUT2D eigenvalue weighted by atomic mass is 10.0. The monoisotopic (exact) mass is 377 g/mol. The molecule has 0 spiro atoms. The zero-order valence-electron chi connectivity index (χ0n) is 16.7. The maximum Gasteiger partial charge on any atom is 0.410 e. The lowest BCUT2D eigenvalue weighted by molar-refractivity contribution is -0.0147. The second-order valence-corrected chi connectivity index (χ2v) is 8.60. The summed E-state index contributed by atoms with van der Waals surface area (Å²) in [6, 6.07) is 10.4. The van der Waals surface area contributed by atoms with Gasteiger partial charge in [0.1, 0.15) is 11.8 Å². The second-order valence-electron chi connectivity index (χ2n) is 8.60. The summed E-state index contributed by atoms with van der Waals surface area (Å²) >= 11 is 0. The van der Waals surface area contributed by atoms with Gasteiger partial charge in [-0.05, 0) is 32.8 Å². The van der Waals surface area contributed by atoms with Gasteiger partial charge in [0.25, 0.3) is 0 Å². The van der Waals surface area contributed by atoms with Crippen molar-refractivity contribution < 1.29 is 13.9 Å². The Bertz CT molecular complexity index is 612. The standard InChI is InChI=1S/C21H32FN3O2/c1-21(2,3)27-20(26)25-10-9-19(18(22)16-25)24-13-11-23(12-14-24)15-17-7-5-4-6-8-17/h4-8,18-19H,9-16H2,1-3H3/t18-,19?/m0/s1. The smallest absolute Gasteiger partial charge is 0.410 e. The van der Waals surface area contributed by atoms with E-state index >= 15 is 0 Å². The van der Waals surface area contributed by atoms with Gasteiger partial charge in [-0.3, -0.25) is 9.80 Å². The van der Waals surface area contributed by atoms with E-state index in [4.69, 9.17) is 4.74 Å². The highest BCUT2D eigenvalue weighted by atomic mass is 19.1. The number of likely N-dealkylation sites (tertiary alicyclic amines) is 1. The van der Waals surface area contributed by atoms with Crippen molar-refractivity contribution in [2.45, 2.75) is 51.6 Å². The molecule has 27 heavy (non-hydrogen) atoms. The van der Waals surface area contributed by atoms with Crippen molar-refractivity contribution in [3.63, 3.8) is 0 Å². The molecule has 5 nitrogen and oxygen atoms in total. The molecule has 1 amide bonds. The maximum atomic E-state index is 14.8. The fraction of sp³-hybridized carbons (Fsp3) is 0.667. The average molecular weight is 378 g/mol. The third-order valence-corrected chi connectivity index (χ3v) is 5.28. The second kappa shape index (κ2) is 8.57. The van der Waals surface area contributed by atoms with Gasteiger partial charge in [-0.1, -0.05) is 30.3 Å². The molecule has 1 aromatic carbocycles. The van der Waals surface area contributed by atoms with Crippen molar-refractivity contribution in [1.82, 2.24) is 14.7 Å². The van der Waals surface area contributed by atoms with Gasteiger partial charge in [-0.2, -0.15) is 0 Å². The van der Waals surface area contributed by atoms with E-state index in [9.17, 15) is 9.18 Å². The van der Waals surface area contributed by atoms with Gasteiger partial charge in [-0.15, -0.1) is 0 Å². The largest absolute Gasteiger partial charge is 0.444 e. The highest BCUT2D eigenvalue weighted by Gasteiger charge is 2.37. The molecular weight excluding hydrogens is 345 g/mol. The number of carbonyl (C=O) groups is 1. The Morgan fingerprint density at radius 2 is 1.78 bits per heavy atom. The van der Waals surface area contributed by atoms with Crippen LogP contribution in [0.15, 0.2) is 30.3 Å². The molecule has 2 atom stereocenters. The molecule has 2 fully saturated rings. The van der Waals surface area contributed by atoms with E-state index in [2.05, 4.69) is 34.1 Å². The Hall–Kier alpha value is -1.66. The predicted molar refractivity (Wildman–Crippen MR) is 104 cm³/mol. The highest BCUT2D eigenvalue weighted by Crippen LogP contribution is 2.23. The topological polar surface area (TPSA) is 36.0 Å². The van der Waals surface area contributed by atoms with Crippen LogP contribution < -0.4 is 0 Å². The van der Waals surface area contributed by atoms with Gasteiger partial charge >= 0.3 is 6.09 Å². The van der Waals surface area contributed by atoms with Crippen LogP contribution in [-0.2, 0) is 11.3 Å². The summed E-state index contributed by atoms with van der Waals surface area (Å²) in [5.41, 5.74) is 0.773. The zero-order chi connectivity index (χ0) is 19.4. The molecule has 2 heterocycles. The molecule has 1 unspecified atom stereocenters. The Morgan fingerprint density at radius 3 is 2.37 bits per heavy atom. The van der Waals surface area contributed by atoms with E-state index in [0.29, 0.717) is 13.0 Å². The Labute approximate surface area is 162 Å². The minimum Gasteiger partial charge on any atom is -0.444 e. The molecule has 3 rings (SSSR count). The summed E-state index contributed by atoms with van der Waals surface area (Å²) < 4.78 is 20.2. The molecule has 0 saturated carbocycles. The van der Waals surface area contributed by atoms with Crippen LogP contribution in [0.4, 0.5) is 9.18 Å². The van der Waals surface area contributed by atoms with Gasteiger partial charge < -0.3 is 9.64 Å². The number of hydrogen-bond acceptors (Lipinski definition) is 4. The molecule has 0 aliphatic carbocycles. The summed E-state index contributed by atoms with van der Waals surface area (Å²) in [6.45, 7) is 10.8. The van der Waals surface area contributed by atoms with E-state index in [1.54, 1.807) is 0 Å². The molecule has 2 aliphatic rings. The molecule has 150 valence electrons. The van der Waals surface area contributed by atoms with E-state index < -0.39 is 17.9 Å². The van der Waals surface area contributed by atoms with Crippen molar-refractivity contribution in [2.24, 2.45) is 0 Å². The van der Waals surface area contributed by atoms with Gasteiger partial charge in [0, 0.05) is 45.3 Å². The minimum atomic E-state index is -1.02. The number of hydrogen-bond donors (Lipinski definition) is 0. The summed E-state index contributed by atoms with van der Waals surface area (Å²) in [4.78, 5) is 18.4. The van der Waals surface area contributed by atoms with Crippen LogP contribution in [0.25, 0.3) is 0 Å². The number of piperazine rings is 1. The first-order chi connectivity index (χ1) is 12.8. The van der Waals surface area contributed by atoms with Gasteiger partial charge in [0.05, 0.1) is 6.54 Å². The van der Waals surface area contributed by atoms with Crippen LogP contribution in [0.5, 0.6) is 0 Å². The number of rotatable bonds is 3. The quantitative estimate of drug-likeness (QED) is 0.811. The van der Waals surface area contributed by atoms with E-state index in [1.165, 1.54) is 10.5 Å². The Balaban J connectivity index is 1.46. The number of nitrogens with zero attached hydrogens (tertiary/aromatic N) is 3. The first-order valence-corrected chi connectivity index (χ1v) is 9.94. The van der Waals surface area contributed by atoms with Crippen molar-refractivity contribution in [2.75, 3.05) is 39.3 Å². The Morgan fingerprint density at radius 1 is 1.11 bits per heavy atom. The van der Waals surface area contributed by atoms with E-state index in [0.717, 1.165) is 32.7 Å². The zero-order valence-corrected chi connectivity index (χ0v) is 16.7. The summed E-state index contributed by atoms with van der Waals surface area (Å²) in [6.07, 6.45) is -0.762. The van der Waals surface area contributed by atoms with Gasteiger partial charge in [0.2, 0.25) is 0 Å². The lowest BCUT2D eigenvalue weighted by Crippen LogP contribution is -2.58. The van der Waals surface area contributed by atoms with Gasteiger partial charge in [-0.25, -0.2) is 9.18 Å². The summed E-state index contributed by atoms with van der Waals surface area (Å²) in [5, 5.41) is 0. The third kappa shape index (κ3) is 5.66. The minimum absolute atomic E-state index is 0.0948. The van der Waals surface area contributed by atoms with Crippen molar-refractivity contribution >= 4 is 6.09 Å². The van der Waals surface area contributed by atoms with E-state index in [1.807, 2.05) is 26.8 Å². The first-order valence-electron chi connectivity index (χ1n) is 9.94. The van der Waals surface area contributed by atoms with Crippen LogP contribution in [-0.4, -0.2) is 77.9 Å². The number of alkyl halides is 1. The predicted octanol–water partition coefficient (Wildman–Crippen LogP) is 3.15. The van der Waals surface area contributed by atoms with E-state index in [-0.39, 0.29) is 12.6 Å². The molecular formula is C21H32FN3O2. The van der Waals surface area contributed by atoms with Crippen molar-refractivity contribution in [1.29, 1.82) is 0 Å². The molecule has 2 saturated heterocycles. The third-order valence-electron chi connectivity index (χ3n) is 5.28. The number of amides is 1. The average Bonchev–Trinajstić information content (AvgIpc) is 2.62. The first kappa shape index (κ1) is 20.1. The van der Waals surface area contributed by atoms with Crippen LogP contribution in [0.3, 0.4) is 0 Å². The lowest BCUT2D eigenvalue weighted by Gasteiger charge is -2.44. The Kier molecular flexibility index (Phi) is 6.37. The SMILES string of the molecule is CC(C)(C)OC(=O)N1CCC(N2CCN(Cc3ccccc3)CC2)[C@@H](F)C1. The van der Waals surface area contributed by atoms with Gasteiger partial charge in [0.15, 0.2) is 0 Å². The fourth-order valence-electron chi connectivity index (χ4n) is 3.89. The molecule has 0 bridgehead atoms. The molecule has 2 aliphatic heterocycles. The number of halogens is 1. The number of benzene rings is 1. The number of ether oxygens (including phenoxy) is 1. The number of carbonyl (C=O) groups excluding carboxylic acids is 1. The van der Waals surface area contributed by atoms with Crippen LogP contribution in [0.1, 0.15) is 32.8 Å². The number of piperidine rings is 1.